The number of anilines is 2. The van der Waals surface area contributed by atoms with Crippen LogP contribution in [0.4, 0.5) is 11.8 Å². The normalized spacial score (nSPS) is 23.3. The Hall–Kier alpha value is -2.43. The van der Waals surface area contributed by atoms with Crippen molar-refractivity contribution >= 4 is 11.8 Å². The summed E-state index contributed by atoms with van der Waals surface area (Å²) >= 11 is 0. The second-order valence-corrected chi connectivity index (χ2v) is 8.73. The summed E-state index contributed by atoms with van der Waals surface area (Å²) in [7, 11) is 1.73. The van der Waals surface area contributed by atoms with Crippen molar-refractivity contribution in [3.8, 4) is 18.4 Å². The lowest BCUT2D eigenvalue weighted by Crippen LogP contribution is -2.61. The molecule has 3 fully saturated rings. The van der Waals surface area contributed by atoms with Gasteiger partial charge in [-0.25, -0.2) is 4.98 Å². The molecular formula is C23H34N8O. The molecule has 9 heteroatoms. The van der Waals surface area contributed by atoms with Crippen molar-refractivity contribution in [1.82, 2.24) is 25.1 Å². The minimum absolute atomic E-state index is 0.121. The minimum Gasteiger partial charge on any atom is -0.385 e. The van der Waals surface area contributed by atoms with E-state index in [1.807, 2.05) is 6.07 Å². The molecule has 32 heavy (non-hydrogen) atoms. The van der Waals surface area contributed by atoms with Crippen molar-refractivity contribution in [2.24, 2.45) is 0 Å². The van der Waals surface area contributed by atoms with E-state index in [1.54, 1.807) is 7.11 Å². The van der Waals surface area contributed by atoms with Gasteiger partial charge in [-0.1, -0.05) is 5.92 Å². The maximum Gasteiger partial charge on any atom is 0.229 e. The summed E-state index contributed by atoms with van der Waals surface area (Å²) in [6.07, 6.45) is 7.91. The molecule has 0 amide bonds. The Morgan fingerprint density at radius 2 is 2.00 bits per heavy atom. The first-order valence-electron chi connectivity index (χ1n) is 11.6. The maximum absolute atomic E-state index is 9.63. The van der Waals surface area contributed by atoms with Crippen LogP contribution in [0.2, 0.25) is 0 Å². The van der Waals surface area contributed by atoms with Gasteiger partial charge in [0.1, 0.15) is 23.6 Å². The third-order valence-corrected chi connectivity index (χ3v) is 6.68. The topological polar surface area (TPSA) is 83.8 Å². The number of ether oxygens (including phenoxy) is 1. The molecule has 0 radical (unpaired) electrons. The highest BCUT2D eigenvalue weighted by Gasteiger charge is 2.30. The molecule has 4 rings (SSSR count). The summed E-state index contributed by atoms with van der Waals surface area (Å²) in [5.41, 5.74) is 0.396. The summed E-state index contributed by atoms with van der Waals surface area (Å²) in [5.74, 6) is 4.35. The molecule has 0 saturated carbocycles. The molecule has 3 aliphatic heterocycles. The standard InChI is InChI=1S/C23H34N8O/c1-3-20-18-28(7-5-13-32-2)6-4-8-31(20)23-26-19(15-24)14-22(27-23)30-11-9-29(10-12-30)21-16-25-17-21/h1,14,20-21,25H,4-13,16-18H2,2H3/t20-/m0/s1. The van der Waals surface area contributed by atoms with E-state index in [2.05, 4.69) is 41.9 Å². The maximum atomic E-state index is 9.63. The highest BCUT2D eigenvalue weighted by atomic mass is 16.5. The number of nitriles is 1. The first-order valence-corrected chi connectivity index (χ1v) is 11.6. The van der Waals surface area contributed by atoms with E-state index in [-0.39, 0.29) is 6.04 Å². The number of nitrogens with zero attached hydrogens (tertiary/aromatic N) is 7. The fourth-order valence-electron chi connectivity index (χ4n) is 4.69. The van der Waals surface area contributed by atoms with Gasteiger partial charge in [0.05, 0.1) is 0 Å². The van der Waals surface area contributed by atoms with Gasteiger partial charge in [-0.3, -0.25) is 4.90 Å². The van der Waals surface area contributed by atoms with Crippen LogP contribution in [0.5, 0.6) is 0 Å². The van der Waals surface area contributed by atoms with Gasteiger partial charge in [0.25, 0.3) is 0 Å². The summed E-state index contributed by atoms with van der Waals surface area (Å²) in [6, 6.07) is 4.57. The van der Waals surface area contributed by atoms with Crippen LogP contribution >= 0.6 is 0 Å². The molecular weight excluding hydrogens is 404 g/mol. The third-order valence-electron chi connectivity index (χ3n) is 6.68. The number of aromatic nitrogens is 2. The molecule has 9 nitrogen and oxygen atoms in total. The van der Waals surface area contributed by atoms with E-state index in [0.29, 0.717) is 17.7 Å². The molecule has 3 saturated heterocycles. The number of terminal acetylenes is 1. The second kappa shape index (κ2) is 10.9. The first kappa shape index (κ1) is 22.8. The lowest BCUT2D eigenvalue weighted by molar-refractivity contribution is 0.137. The number of nitrogens with one attached hydrogen (secondary N) is 1. The van der Waals surface area contributed by atoms with Crippen molar-refractivity contribution in [2.75, 3.05) is 89.0 Å². The van der Waals surface area contributed by atoms with E-state index in [1.165, 1.54) is 0 Å². The molecule has 1 aromatic heterocycles. The second-order valence-electron chi connectivity index (χ2n) is 8.73. The lowest BCUT2D eigenvalue weighted by Gasteiger charge is -2.43. The Bertz CT molecular complexity index is 837. The van der Waals surface area contributed by atoms with Crippen LogP contribution in [-0.4, -0.2) is 111 Å². The fraction of sp³-hybridized carbons (Fsp3) is 0.696. The van der Waals surface area contributed by atoms with Crippen LogP contribution in [0.1, 0.15) is 18.5 Å². The van der Waals surface area contributed by atoms with Crippen LogP contribution < -0.4 is 15.1 Å². The Kier molecular flexibility index (Phi) is 7.77. The zero-order valence-corrected chi connectivity index (χ0v) is 19.0. The van der Waals surface area contributed by atoms with Crippen molar-refractivity contribution in [1.29, 1.82) is 5.26 Å². The SMILES string of the molecule is C#C[C@H]1CN(CCCOC)CCCN1c1nc(C#N)cc(N2CCN(C3CNC3)CC2)n1. The van der Waals surface area contributed by atoms with Gasteiger partial charge in [0, 0.05) is 84.7 Å². The van der Waals surface area contributed by atoms with E-state index in [0.717, 1.165) is 90.7 Å². The number of rotatable bonds is 7. The van der Waals surface area contributed by atoms with Gasteiger partial charge in [0.2, 0.25) is 5.95 Å². The van der Waals surface area contributed by atoms with Gasteiger partial charge in [-0.05, 0) is 19.4 Å². The van der Waals surface area contributed by atoms with Crippen LogP contribution in [0.3, 0.4) is 0 Å². The highest BCUT2D eigenvalue weighted by Crippen LogP contribution is 2.23. The number of hydrogen-bond acceptors (Lipinski definition) is 9. The van der Waals surface area contributed by atoms with Crippen molar-refractivity contribution in [3.63, 3.8) is 0 Å². The monoisotopic (exact) mass is 438 g/mol. The summed E-state index contributed by atoms with van der Waals surface area (Å²) in [6.45, 7) is 10.3. The summed E-state index contributed by atoms with van der Waals surface area (Å²) in [5, 5.41) is 13.0. The average molecular weight is 439 g/mol. The van der Waals surface area contributed by atoms with Gasteiger partial charge in [0.15, 0.2) is 0 Å². The molecule has 4 heterocycles. The predicted molar refractivity (Wildman–Crippen MR) is 125 cm³/mol. The number of hydrogen-bond donors (Lipinski definition) is 1. The first-order chi connectivity index (χ1) is 15.7. The zero-order valence-electron chi connectivity index (χ0n) is 19.0. The fourth-order valence-corrected chi connectivity index (χ4v) is 4.69. The molecule has 1 aromatic rings. The van der Waals surface area contributed by atoms with Crippen LogP contribution in [-0.2, 0) is 4.74 Å². The molecule has 0 bridgehead atoms. The Labute approximate surface area is 191 Å². The van der Waals surface area contributed by atoms with E-state index in [9.17, 15) is 5.26 Å². The zero-order chi connectivity index (χ0) is 22.3. The Morgan fingerprint density at radius 3 is 2.66 bits per heavy atom. The average Bonchev–Trinajstić information content (AvgIpc) is 3.00. The number of methoxy groups -OCH3 is 1. The van der Waals surface area contributed by atoms with Crippen molar-refractivity contribution in [2.45, 2.75) is 24.9 Å². The van der Waals surface area contributed by atoms with Gasteiger partial charge >= 0.3 is 0 Å². The number of piperazine rings is 1. The largest absolute Gasteiger partial charge is 0.385 e. The highest BCUT2D eigenvalue weighted by molar-refractivity contribution is 5.50. The van der Waals surface area contributed by atoms with Crippen LogP contribution in [0.15, 0.2) is 6.07 Å². The van der Waals surface area contributed by atoms with Crippen molar-refractivity contribution < 1.29 is 4.74 Å². The van der Waals surface area contributed by atoms with Gasteiger partial charge in [-0.2, -0.15) is 10.2 Å². The molecule has 0 unspecified atom stereocenters. The predicted octanol–water partition coefficient (Wildman–Crippen LogP) is -0.00752. The Morgan fingerprint density at radius 1 is 1.19 bits per heavy atom. The molecule has 0 spiro atoms. The summed E-state index contributed by atoms with van der Waals surface area (Å²) < 4.78 is 5.19. The van der Waals surface area contributed by atoms with E-state index in [4.69, 9.17) is 16.1 Å². The lowest BCUT2D eigenvalue weighted by atomic mass is 10.1. The van der Waals surface area contributed by atoms with Crippen LogP contribution in [0, 0.1) is 23.7 Å². The van der Waals surface area contributed by atoms with Crippen molar-refractivity contribution in [3.05, 3.63) is 11.8 Å². The molecule has 1 atom stereocenters. The summed E-state index contributed by atoms with van der Waals surface area (Å²) in [4.78, 5) is 18.8. The Balaban J connectivity index is 1.47. The molecule has 0 aliphatic carbocycles. The molecule has 3 aliphatic rings. The van der Waals surface area contributed by atoms with Gasteiger partial charge < -0.3 is 24.8 Å². The van der Waals surface area contributed by atoms with E-state index < -0.39 is 0 Å². The quantitative estimate of drug-likeness (QED) is 0.467. The van der Waals surface area contributed by atoms with Gasteiger partial charge in [-0.15, -0.1) is 6.42 Å². The third kappa shape index (κ3) is 5.31. The molecule has 172 valence electrons. The molecule has 1 N–H and O–H groups in total. The molecule has 0 aromatic carbocycles. The van der Waals surface area contributed by atoms with E-state index >= 15 is 0 Å². The van der Waals surface area contributed by atoms with Crippen LogP contribution in [0.25, 0.3) is 0 Å². The minimum atomic E-state index is -0.121. The smallest absolute Gasteiger partial charge is 0.229 e.